The molecule has 6 nitrogen and oxygen atoms in total. The molecule has 3 rings (SSSR count). The monoisotopic (exact) mass is 367 g/mol. The molecule has 0 unspecified atom stereocenters. The summed E-state index contributed by atoms with van der Waals surface area (Å²) in [5, 5.41) is 2.98. The number of piperidine rings is 1. The molecule has 0 atom stereocenters. The fourth-order valence-electron chi connectivity index (χ4n) is 3.35. The molecular formula is C21H25N3O3. The van der Waals surface area contributed by atoms with Gasteiger partial charge >= 0.3 is 0 Å². The van der Waals surface area contributed by atoms with Crippen LogP contribution >= 0.6 is 0 Å². The summed E-state index contributed by atoms with van der Waals surface area (Å²) in [5.74, 6) is -0.00313. The number of nitrogens with one attached hydrogen (secondary N) is 1. The Morgan fingerprint density at radius 3 is 2.41 bits per heavy atom. The highest BCUT2D eigenvalue weighted by Gasteiger charge is 2.23. The maximum absolute atomic E-state index is 12.4. The molecule has 0 spiro atoms. The number of hydrogen-bond acceptors (Lipinski definition) is 3. The topological polar surface area (TPSA) is 71.4 Å². The molecule has 27 heavy (non-hydrogen) atoms. The van der Waals surface area contributed by atoms with Gasteiger partial charge in [0.15, 0.2) is 0 Å². The molecular weight excluding hydrogens is 342 g/mol. The van der Waals surface area contributed by atoms with Crippen LogP contribution in [-0.4, -0.2) is 40.4 Å². The zero-order chi connectivity index (χ0) is 19.1. The van der Waals surface area contributed by atoms with Gasteiger partial charge in [0.25, 0.3) is 5.56 Å². The molecule has 1 aromatic heterocycles. The standard InChI is InChI=1S/C21H25N3O3/c25-19(16-24-13-5-4-8-20(24)26)22-18-11-14-23(15-12-18)21(27)10-9-17-6-2-1-3-7-17/h1-8,13,18H,9-12,14-16H2,(H,22,25). The van der Waals surface area contributed by atoms with Gasteiger partial charge in [-0.05, 0) is 30.9 Å². The Morgan fingerprint density at radius 2 is 1.70 bits per heavy atom. The third-order valence-electron chi connectivity index (χ3n) is 4.90. The molecule has 1 aromatic carbocycles. The van der Waals surface area contributed by atoms with Crippen molar-refractivity contribution in [2.24, 2.45) is 0 Å². The molecule has 0 aliphatic carbocycles. The zero-order valence-corrected chi connectivity index (χ0v) is 15.3. The van der Waals surface area contributed by atoms with E-state index in [0.29, 0.717) is 19.5 Å². The van der Waals surface area contributed by atoms with E-state index in [1.807, 2.05) is 35.2 Å². The first kappa shape index (κ1) is 18.9. The van der Waals surface area contributed by atoms with Gasteiger partial charge in [0.1, 0.15) is 6.54 Å². The molecule has 1 aliphatic rings. The fraction of sp³-hybridized carbons (Fsp3) is 0.381. The molecule has 0 bridgehead atoms. The molecule has 6 heteroatoms. The van der Waals surface area contributed by atoms with E-state index in [9.17, 15) is 14.4 Å². The Balaban J connectivity index is 1.40. The van der Waals surface area contributed by atoms with Gasteiger partial charge in [0.05, 0.1) is 0 Å². The third kappa shape index (κ3) is 5.54. The van der Waals surface area contributed by atoms with Gasteiger partial charge in [-0.15, -0.1) is 0 Å². The predicted molar refractivity (Wildman–Crippen MR) is 103 cm³/mol. The van der Waals surface area contributed by atoms with Crippen LogP contribution in [0.1, 0.15) is 24.8 Å². The van der Waals surface area contributed by atoms with Crippen molar-refractivity contribution in [2.45, 2.75) is 38.3 Å². The summed E-state index contributed by atoms with van der Waals surface area (Å²) in [7, 11) is 0. The largest absolute Gasteiger partial charge is 0.352 e. The summed E-state index contributed by atoms with van der Waals surface area (Å²) in [6, 6.07) is 14.9. The van der Waals surface area contributed by atoms with Gasteiger partial charge in [-0.1, -0.05) is 36.4 Å². The summed E-state index contributed by atoms with van der Waals surface area (Å²) in [6.07, 6.45) is 4.36. The highest BCUT2D eigenvalue weighted by molar-refractivity contribution is 5.77. The van der Waals surface area contributed by atoms with Crippen molar-refractivity contribution in [1.82, 2.24) is 14.8 Å². The lowest BCUT2D eigenvalue weighted by atomic mass is 10.0. The van der Waals surface area contributed by atoms with E-state index in [0.717, 1.165) is 19.3 Å². The van der Waals surface area contributed by atoms with Crippen LogP contribution in [0, 0.1) is 0 Å². The van der Waals surface area contributed by atoms with E-state index in [2.05, 4.69) is 5.32 Å². The van der Waals surface area contributed by atoms with E-state index in [-0.39, 0.29) is 30.0 Å². The molecule has 142 valence electrons. The molecule has 2 heterocycles. The normalized spacial score (nSPS) is 14.7. The number of aryl methyl sites for hydroxylation is 1. The smallest absolute Gasteiger partial charge is 0.250 e. The summed E-state index contributed by atoms with van der Waals surface area (Å²) in [6.45, 7) is 1.34. The molecule has 0 saturated carbocycles. The second-order valence-corrected chi connectivity index (χ2v) is 6.87. The van der Waals surface area contributed by atoms with Crippen molar-refractivity contribution >= 4 is 11.8 Å². The molecule has 2 aromatic rings. The van der Waals surface area contributed by atoms with E-state index >= 15 is 0 Å². The van der Waals surface area contributed by atoms with Crippen molar-refractivity contribution < 1.29 is 9.59 Å². The Labute approximate surface area is 158 Å². The van der Waals surface area contributed by atoms with Gasteiger partial charge in [0.2, 0.25) is 11.8 Å². The first-order valence-electron chi connectivity index (χ1n) is 9.38. The van der Waals surface area contributed by atoms with Crippen molar-refractivity contribution in [3.8, 4) is 0 Å². The molecule has 1 saturated heterocycles. The average molecular weight is 367 g/mol. The minimum Gasteiger partial charge on any atom is -0.352 e. The minimum absolute atomic E-state index is 0.0237. The Hall–Kier alpha value is -2.89. The number of carbonyl (C=O) groups excluding carboxylic acids is 2. The van der Waals surface area contributed by atoms with Gasteiger partial charge in [0, 0.05) is 37.8 Å². The SMILES string of the molecule is O=C(Cn1ccccc1=O)NC1CCN(C(=O)CCc2ccccc2)CC1. The van der Waals surface area contributed by atoms with Crippen molar-refractivity contribution in [3.05, 3.63) is 70.6 Å². The van der Waals surface area contributed by atoms with E-state index in [1.165, 1.54) is 16.2 Å². The first-order valence-corrected chi connectivity index (χ1v) is 9.38. The van der Waals surface area contributed by atoms with Crippen molar-refractivity contribution in [2.75, 3.05) is 13.1 Å². The van der Waals surface area contributed by atoms with E-state index in [4.69, 9.17) is 0 Å². The Bertz CT molecular complexity index is 824. The fourth-order valence-corrected chi connectivity index (χ4v) is 3.35. The molecule has 1 fully saturated rings. The lowest BCUT2D eigenvalue weighted by molar-refractivity contribution is -0.132. The van der Waals surface area contributed by atoms with Crippen molar-refractivity contribution in [1.29, 1.82) is 0 Å². The zero-order valence-electron chi connectivity index (χ0n) is 15.3. The Morgan fingerprint density at radius 1 is 1.00 bits per heavy atom. The van der Waals surface area contributed by atoms with Gasteiger partial charge in [-0.2, -0.15) is 0 Å². The number of benzene rings is 1. The number of rotatable bonds is 6. The number of amides is 2. The van der Waals surface area contributed by atoms with Gasteiger partial charge in [-0.25, -0.2) is 0 Å². The van der Waals surface area contributed by atoms with Crippen LogP contribution in [0.3, 0.4) is 0 Å². The van der Waals surface area contributed by atoms with Crippen LogP contribution < -0.4 is 10.9 Å². The summed E-state index contributed by atoms with van der Waals surface area (Å²) in [5.41, 5.74) is 0.982. The summed E-state index contributed by atoms with van der Waals surface area (Å²) < 4.78 is 1.39. The highest BCUT2D eigenvalue weighted by atomic mass is 16.2. The number of pyridine rings is 1. The third-order valence-corrected chi connectivity index (χ3v) is 4.90. The van der Waals surface area contributed by atoms with Crippen LogP contribution in [-0.2, 0) is 22.6 Å². The predicted octanol–water partition coefficient (Wildman–Crippen LogP) is 1.59. The van der Waals surface area contributed by atoms with E-state index < -0.39 is 0 Å². The molecule has 2 amide bonds. The van der Waals surface area contributed by atoms with Crippen LogP contribution in [0.2, 0.25) is 0 Å². The lowest BCUT2D eigenvalue weighted by Crippen LogP contribution is -2.47. The molecule has 1 N–H and O–H groups in total. The number of aromatic nitrogens is 1. The van der Waals surface area contributed by atoms with Gasteiger partial charge < -0.3 is 14.8 Å². The number of hydrogen-bond donors (Lipinski definition) is 1. The molecule has 0 radical (unpaired) electrons. The van der Waals surface area contributed by atoms with Crippen LogP contribution in [0.15, 0.2) is 59.5 Å². The maximum Gasteiger partial charge on any atom is 0.250 e. The highest BCUT2D eigenvalue weighted by Crippen LogP contribution is 2.13. The van der Waals surface area contributed by atoms with Crippen molar-refractivity contribution in [3.63, 3.8) is 0 Å². The minimum atomic E-state index is -0.188. The van der Waals surface area contributed by atoms with Crippen LogP contribution in [0.4, 0.5) is 0 Å². The first-order chi connectivity index (χ1) is 13.1. The van der Waals surface area contributed by atoms with Gasteiger partial charge in [-0.3, -0.25) is 14.4 Å². The number of carbonyl (C=O) groups is 2. The lowest BCUT2D eigenvalue weighted by Gasteiger charge is -2.32. The second kappa shape index (κ2) is 9.16. The molecule has 1 aliphatic heterocycles. The average Bonchev–Trinajstić information content (AvgIpc) is 2.69. The summed E-state index contributed by atoms with van der Waals surface area (Å²) in [4.78, 5) is 38.1. The number of likely N-dealkylation sites (tertiary alicyclic amines) is 1. The maximum atomic E-state index is 12.4. The van der Waals surface area contributed by atoms with Crippen LogP contribution in [0.5, 0.6) is 0 Å². The quantitative estimate of drug-likeness (QED) is 0.843. The second-order valence-electron chi connectivity index (χ2n) is 6.87. The van der Waals surface area contributed by atoms with Crippen LogP contribution in [0.25, 0.3) is 0 Å². The van der Waals surface area contributed by atoms with E-state index in [1.54, 1.807) is 18.3 Å². The Kier molecular flexibility index (Phi) is 6.41. The number of nitrogens with zero attached hydrogens (tertiary/aromatic N) is 2. The summed E-state index contributed by atoms with van der Waals surface area (Å²) >= 11 is 0.